The topological polar surface area (TPSA) is 41.6 Å². The molecule has 180 valence electrons. The molecule has 0 aliphatic heterocycles. The van der Waals surface area contributed by atoms with E-state index in [0.717, 1.165) is 22.6 Å². The molecule has 0 heterocycles. The Bertz CT molecular complexity index is 1030. The van der Waals surface area contributed by atoms with Crippen molar-refractivity contribution >= 4 is 11.6 Å². The van der Waals surface area contributed by atoms with E-state index in [4.69, 9.17) is 4.74 Å². The Morgan fingerprint density at radius 3 is 1.91 bits per heavy atom. The highest BCUT2D eigenvalue weighted by Crippen LogP contribution is 2.32. The van der Waals surface area contributed by atoms with Crippen molar-refractivity contribution in [3.8, 4) is 5.75 Å². The van der Waals surface area contributed by atoms with Crippen LogP contribution < -0.4 is 10.1 Å². The van der Waals surface area contributed by atoms with Gasteiger partial charge in [-0.25, -0.2) is 0 Å². The molecule has 1 amide bonds. The van der Waals surface area contributed by atoms with Crippen LogP contribution in [-0.4, -0.2) is 30.9 Å². The molecule has 0 spiro atoms. The van der Waals surface area contributed by atoms with Crippen molar-refractivity contribution in [2.45, 2.75) is 58.6 Å². The van der Waals surface area contributed by atoms with Crippen LogP contribution in [0, 0.1) is 0 Å². The summed E-state index contributed by atoms with van der Waals surface area (Å²) in [6, 6.07) is 24.2. The number of hydrogen-bond acceptors (Lipinski definition) is 3. The first kappa shape index (κ1) is 25.5. The summed E-state index contributed by atoms with van der Waals surface area (Å²) in [5, 5.41) is 3.29. The number of benzene rings is 3. The van der Waals surface area contributed by atoms with Gasteiger partial charge < -0.3 is 10.1 Å². The van der Waals surface area contributed by atoms with Gasteiger partial charge in [0, 0.05) is 5.69 Å². The van der Waals surface area contributed by atoms with Crippen LogP contribution >= 0.6 is 0 Å². The first-order valence-corrected chi connectivity index (χ1v) is 12.1. The monoisotopic (exact) mass is 458 g/mol. The standard InChI is InChI=1S/C30H38N2O2/c1-21(2)26-13-10-14-27(22(3)4)29(26)31-30(33)28(32(5)6)19-23-15-17-25(18-16-23)34-20-24-11-8-7-9-12-24/h7-18,21-22,28H,19-20H2,1-6H3,(H,31,33)/t28-/m0/s1. The van der Waals surface area contributed by atoms with E-state index in [0.29, 0.717) is 24.9 Å². The molecule has 1 atom stereocenters. The highest BCUT2D eigenvalue weighted by atomic mass is 16.5. The van der Waals surface area contributed by atoms with E-state index in [-0.39, 0.29) is 11.9 Å². The molecule has 34 heavy (non-hydrogen) atoms. The molecular formula is C30H38N2O2. The second kappa shape index (κ2) is 11.8. The number of nitrogens with one attached hydrogen (secondary N) is 1. The van der Waals surface area contributed by atoms with Crippen LogP contribution in [0.5, 0.6) is 5.75 Å². The lowest BCUT2D eigenvalue weighted by atomic mass is 9.92. The molecule has 0 aliphatic carbocycles. The summed E-state index contributed by atoms with van der Waals surface area (Å²) in [7, 11) is 3.92. The minimum atomic E-state index is -0.281. The number of hydrogen-bond donors (Lipinski definition) is 1. The average Bonchev–Trinajstić information content (AvgIpc) is 2.82. The van der Waals surface area contributed by atoms with Gasteiger partial charge in [-0.05, 0) is 66.7 Å². The van der Waals surface area contributed by atoms with Gasteiger partial charge in [0.05, 0.1) is 6.04 Å². The number of para-hydroxylation sites is 1. The van der Waals surface area contributed by atoms with E-state index >= 15 is 0 Å². The van der Waals surface area contributed by atoms with Crippen LogP contribution in [0.15, 0.2) is 72.8 Å². The third kappa shape index (κ3) is 6.71. The molecule has 0 unspecified atom stereocenters. The second-order valence-corrected chi connectivity index (χ2v) is 9.71. The van der Waals surface area contributed by atoms with Gasteiger partial charge in [0.2, 0.25) is 5.91 Å². The molecule has 0 aliphatic rings. The van der Waals surface area contributed by atoms with E-state index in [9.17, 15) is 4.79 Å². The summed E-state index contributed by atoms with van der Waals surface area (Å²) in [5.41, 5.74) is 5.56. The number of rotatable bonds is 10. The van der Waals surface area contributed by atoms with Crippen LogP contribution in [0.4, 0.5) is 5.69 Å². The van der Waals surface area contributed by atoms with Crippen LogP contribution in [0.1, 0.15) is 61.8 Å². The van der Waals surface area contributed by atoms with Crippen molar-refractivity contribution in [3.63, 3.8) is 0 Å². The lowest BCUT2D eigenvalue weighted by Gasteiger charge is -2.26. The van der Waals surface area contributed by atoms with Gasteiger partial charge in [0.15, 0.2) is 0 Å². The summed E-state index contributed by atoms with van der Waals surface area (Å²) >= 11 is 0. The minimum Gasteiger partial charge on any atom is -0.489 e. The van der Waals surface area contributed by atoms with Crippen LogP contribution in [0.3, 0.4) is 0 Å². The summed E-state index contributed by atoms with van der Waals surface area (Å²) in [4.78, 5) is 15.4. The molecule has 0 bridgehead atoms. The Morgan fingerprint density at radius 1 is 0.794 bits per heavy atom. The summed E-state index contributed by atoms with van der Waals surface area (Å²) < 4.78 is 5.91. The Kier molecular flexibility index (Phi) is 8.89. The third-order valence-corrected chi connectivity index (χ3v) is 6.15. The fourth-order valence-electron chi connectivity index (χ4n) is 4.10. The van der Waals surface area contributed by atoms with E-state index < -0.39 is 0 Å². The molecule has 0 fully saturated rings. The first-order chi connectivity index (χ1) is 16.3. The zero-order chi connectivity index (χ0) is 24.7. The number of ether oxygens (including phenoxy) is 1. The Hall–Kier alpha value is -3.11. The number of nitrogens with zero attached hydrogens (tertiary/aromatic N) is 1. The normalized spacial score (nSPS) is 12.3. The van der Waals surface area contributed by atoms with Crippen molar-refractivity contribution in [2.75, 3.05) is 19.4 Å². The maximum atomic E-state index is 13.5. The SMILES string of the molecule is CC(C)c1cccc(C(C)C)c1NC(=O)[C@H](Cc1ccc(OCc2ccccc2)cc1)N(C)C. The Balaban J connectivity index is 1.71. The second-order valence-electron chi connectivity index (χ2n) is 9.71. The molecular weight excluding hydrogens is 420 g/mol. The summed E-state index contributed by atoms with van der Waals surface area (Å²) in [6.45, 7) is 9.20. The maximum Gasteiger partial charge on any atom is 0.242 e. The third-order valence-electron chi connectivity index (χ3n) is 6.15. The molecule has 0 saturated carbocycles. The molecule has 0 saturated heterocycles. The summed E-state index contributed by atoms with van der Waals surface area (Å²) in [6.07, 6.45) is 0.624. The average molecular weight is 459 g/mol. The zero-order valence-corrected chi connectivity index (χ0v) is 21.3. The Labute approximate surface area is 205 Å². The van der Waals surface area contributed by atoms with Gasteiger partial charge in [0.1, 0.15) is 12.4 Å². The highest BCUT2D eigenvalue weighted by molar-refractivity contribution is 5.96. The zero-order valence-electron chi connectivity index (χ0n) is 21.3. The maximum absolute atomic E-state index is 13.5. The predicted octanol–water partition coefficient (Wildman–Crippen LogP) is 6.62. The predicted molar refractivity (Wildman–Crippen MR) is 142 cm³/mol. The molecule has 0 radical (unpaired) electrons. The first-order valence-electron chi connectivity index (χ1n) is 12.1. The van der Waals surface area contributed by atoms with Crippen molar-refractivity contribution in [1.29, 1.82) is 0 Å². The number of likely N-dealkylation sites (N-methyl/N-ethyl adjacent to an activating group) is 1. The smallest absolute Gasteiger partial charge is 0.242 e. The van der Waals surface area contributed by atoms with Crippen LogP contribution in [0.25, 0.3) is 0 Å². The van der Waals surface area contributed by atoms with E-state index in [1.54, 1.807) is 0 Å². The molecule has 4 nitrogen and oxygen atoms in total. The van der Waals surface area contributed by atoms with Gasteiger partial charge in [-0.1, -0.05) is 88.4 Å². The number of anilines is 1. The van der Waals surface area contributed by atoms with Crippen molar-refractivity contribution < 1.29 is 9.53 Å². The molecule has 0 aromatic heterocycles. The number of amides is 1. The lowest BCUT2D eigenvalue weighted by Crippen LogP contribution is -2.41. The molecule has 3 aromatic carbocycles. The number of carbonyl (C=O) groups excluding carboxylic acids is 1. The van der Waals surface area contributed by atoms with E-state index in [1.165, 1.54) is 11.1 Å². The van der Waals surface area contributed by atoms with Gasteiger partial charge in [0.25, 0.3) is 0 Å². The highest BCUT2D eigenvalue weighted by Gasteiger charge is 2.24. The van der Waals surface area contributed by atoms with Crippen molar-refractivity contribution in [2.24, 2.45) is 0 Å². The van der Waals surface area contributed by atoms with Crippen molar-refractivity contribution in [3.05, 3.63) is 95.1 Å². The summed E-state index contributed by atoms with van der Waals surface area (Å²) in [5.74, 6) is 1.50. The molecule has 1 N–H and O–H groups in total. The van der Waals surface area contributed by atoms with Gasteiger partial charge in [-0.3, -0.25) is 9.69 Å². The van der Waals surface area contributed by atoms with E-state index in [2.05, 4.69) is 63.3 Å². The van der Waals surface area contributed by atoms with E-state index in [1.807, 2.05) is 61.5 Å². The Morgan fingerprint density at radius 2 is 1.38 bits per heavy atom. The molecule has 3 rings (SSSR count). The van der Waals surface area contributed by atoms with Gasteiger partial charge >= 0.3 is 0 Å². The lowest BCUT2D eigenvalue weighted by molar-refractivity contribution is -0.120. The van der Waals surface area contributed by atoms with Crippen LogP contribution in [-0.2, 0) is 17.8 Å². The minimum absolute atomic E-state index is 0.0180. The largest absolute Gasteiger partial charge is 0.489 e. The number of carbonyl (C=O) groups is 1. The molecule has 4 heteroatoms. The quantitative estimate of drug-likeness (QED) is 0.371. The van der Waals surface area contributed by atoms with Crippen LogP contribution in [0.2, 0.25) is 0 Å². The van der Waals surface area contributed by atoms with Crippen molar-refractivity contribution in [1.82, 2.24) is 4.90 Å². The fraction of sp³-hybridized carbons (Fsp3) is 0.367. The van der Waals surface area contributed by atoms with Gasteiger partial charge in [-0.2, -0.15) is 0 Å². The van der Waals surface area contributed by atoms with Gasteiger partial charge in [-0.15, -0.1) is 0 Å². The fourth-order valence-corrected chi connectivity index (χ4v) is 4.10. The molecule has 3 aromatic rings.